The number of hydrogen-bond acceptors (Lipinski definition) is 4. The Balaban J connectivity index is 0.00000264. The van der Waals surface area contributed by atoms with E-state index in [1.807, 2.05) is 6.07 Å². The van der Waals surface area contributed by atoms with E-state index in [2.05, 4.69) is 30.2 Å². The van der Waals surface area contributed by atoms with Crippen LogP contribution >= 0.6 is 23.7 Å². The SMILES string of the molecule is CCN(CC)CCOC(=O)C(c1cccs1)C1CCCCC1.Cl. The molecule has 1 aromatic heterocycles. The fraction of sp³-hybridized carbons (Fsp3) is 0.722. The monoisotopic (exact) mass is 359 g/mol. The number of rotatable bonds is 8. The van der Waals surface area contributed by atoms with Crippen molar-refractivity contribution in [2.45, 2.75) is 51.9 Å². The summed E-state index contributed by atoms with van der Waals surface area (Å²) in [7, 11) is 0. The summed E-state index contributed by atoms with van der Waals surface area (Å²) in [4.78, 5) is 16.1. The maximum Gasteiger partial charge on any atom is 0.314 e. The van der Waals surface area contributed by atoms with E-state index in [1.165, 1.54) is 24.1 Å². The maximum atomic E-state index is 12.7. The molecular weight excluding hydrogens is 330 g/mol. The van der Waals surface area contributed by atoms with Gasteiger partial charge in [0, 0.05) is 11.4 Å². The van der Waals surface area contributed by atoms with Crippen molar-refractivity contribution in [1.29, 1.82) is 0 Å². The zero-order valence-corrected chi connectivity index (χ0v) is 16.0. The first-order valence-corrected chi connectivity index (χ1v) is 9.56. The van der Waals surface area contributed by atoms with Crippen molar-refractivity contribution < 1.29 is 9.53 Å². The van der Waals surface area contributed by atoms with E-state index in [0.717, 1.165) is 32.5 Å². The van der Waals surface area contributed by atoms with Crippen molar-refractivity contribution in [1.82, 2.24) is 4.90 Å². The molecule has 2 rings (SSSR count). The number of thiophene rings is 1. The summed E-state index contributed by atoms with van der Waals surface area (Å²) >= 11 is 1.69. The van der Waals surface area contributed by atoms with Crippen LogP contribution in [0.2, 0.25) is 0 Å². The molecule has 1 heterocycles. The summed E-state index contributed by atoms with van der Waals surface area (Å²) in [6.45, 7) is 7.63. The van der Waals surface area contributed by atoms with Crippen molar-refractivity contribution in [3.8, 4) is 0 Å². The molecule has 5 heteroatoms. The summed E-state index contributed by atoms with van der Waals surface area (Å²) < 4.78 is 5.64. The van der Waals surface area contributed by atoms with Gasteiger partial charge >= 0.3 is 5.97 Å². The molecule has 0 radical (unpaired) electrons. The highest BCUT2D eigenvalue weighted by atomic mass is 35.5. The molecule has 132 valence electrons. The summed E-state index contributed by atoms with van der Waals surface area (Å²) in [5, 5.41) is 2.06. The normalized spacial score (nSPS) is 16.8. The van der Waals surface area contributed by atoms with Crippen LogP contribution < -0.4 is 0 Å². The Kier molecular flexibility index (Phi) is 9.84. The first-order valence-electron chi connectivity index (χ1n) is 8.68. The van der Waals surface area contributed by atoms with Crippen LogP contribution in [0.25, 0.3) is 0 Å². The molecule has 0 N–H and O–H groups in total. The standard InChI is InChI=1S/C18H29NO2S.ClH/c1-3-19(4-2)12-13-21-18(20)17(16-11-8-14-22-16)15-9-6-5-7-10-15;/h8,11,14-15,17H,3-7,9-10,12-13H2,1-2H3;1H. The van der Waals surface area contributed by atoms with E-state index in [1.54, 1.807) is 11.3 Å². The number of esters is 1. The topological polar surface area (TPSA) is 29.5 Å². The second-order valence-corrected chi connectivity index (χ2v) is 7.06. The van der Waals surface area contributed by atoms with Crippen molar-refractivity contribution >= 4 is 29.7 Å². The molecule has 0 bridgehead atoms. The first kappa shape index (κ1) is 20.5. The van der Waals surface area contributed by atoms with E-state index in [-0.39, 0.29) is 24.3 Å². The van der Waals surface area contributed by atoms with Gasteiger partial charge in [0.15, 0.2) is 0 Å². The molecule has 1 aliphatic rings. The van der Waals surface area contributed by atoms with Gasteiger partial charge in [0.1, 0.15) is 6.61 Å². The van der Waals surface area contributed by atoms with Crippen LogP contribution in [0, 0.1) is 5.92 Å². The van der Waals surface area contributed by atoms with Crippen molar-refractivity contribution in [2.24, 2.45) is 5.92 Å². The predicted octanol–water partition coefficient (Wildman–Crippen LogP) is 4.72. The Morgan fingerprint density at radius 1 is 1.30 bits per heavy atom. The average Bonchev–Trinajstić information content (AvgIpc) is 3.07. The third-order valence-electron chi connectivity index (χ3n) is 4.77. The molecule has 1 saturated carbocycles. The van der Waals surface area contributed by atoms with Crippen LogP contribution in [0.15, 0.2) is 17.5 Å². The van der Waals surface area contributed by atoms with Gasteiger partial charge in [-0.2, -0.15) is 0 Å². The molecule has 3 nitrogen and oxygen atoms in total. The van der Waals surface area contributed by atoms with E-state index < -0.39 is 0 Å². The summed E-state index contributed by atoms with van der Waals surface area (Å²) in [5.41, 5.74) is 0. The number of halogens is 1. The van der Waals surface area contributed by atoms with Gasteiger partial charge in [-0.1, -0.05) is 39.2 Å². The fourth-order valence-corrected chi connectivity index (χ4v) is 4.29. The molecule has 0 spiro atoms. The zero-order chi connectivity index (χ0) is 15.8. The van der Waals surface area contributed by atoms with Gasteiger partial charge in [-0.25, -0.2) is 0 Å². The van der Waals surface area contributed by atoms with Gasteiger partial charge in [-0.15, -0.1) is 23.7 Å². The van der Waals surface area contributed by atoms with Crippen LogP contribution in [-0.4, -0.2) is 37.1 Å². The molecular formula is C18H30ClNO2S. The largest absolute Gasteiger partial charge is 0.464 e. The van der Waals surface area contributed by atoms with Gasteiger partial charge in [-0.05, 0) is 43.3 Å². The number of carbonyl (C=O) groups excluding carboxylic acids is 1. The van der Waals surface area contributed by atoms with Crippen LogP contribution in [0.4, 0.5) is 0 Å². The molecule has 1 aliphatic carbocycles. The van der Waals surface area contributed by atoms with Gasteiger partial charge < -0.3 is 9.64 Å². The summed E-state index contributed by atoms with van der Waals surface area (Å²) in [6.07, 6.45) is 6.13. The molecule has 23 heavy (non-hydrogen) atoms. The molecule has 0 aliphatic heterocycles. The molecule has 0 saturated heterocycles. The number of hydrogen-bond donors (Lipinski definition) is 0. The lowest BCUT2D eigenvalue weighted by Gasteiger charge is -2.28. The lowest BCUT2D eigenvalue weighted by Crippen LogP contribution is -2.30. The molecule has 1 fully saturated rings. The van der Waals surface area contributed by atoms with Gasteiger partial charge in [-0.3, -0.25) is 4.79 Å². The number of likely N-dealkylation sites (N-methyl/N-ethyl adjacent to an activating group) is 1. The van der Waals surface area contributed by atoms with E-state index >= 15 is 0 Å². The van der Waals surface area contributed by atoms with Gasteiger partial charge in [0.25, 0.3) is 0 Å². The highest BCUT2D eigenvalue weighted by molar-refractivity contribution is 7.10. The lowest BCUT2D eigenvalue weighted by molar-refractivity contribution is -0.147. The summed E-state index contributed by atoms with van der Waals surface area (Å²) in [6, 6.07) is 4.13. The molecule has 1 unspecified atom stereocenters. The van der Waals surface area contributed by atoms with Crippen molar-refractivity contribution in [2.75, 3.05) is 26.2 Å². The maximum absolute atomic E-state index is 12.7. The first-order chi connectivity index (χ1) is 10.8. The minimum atomic E-state index is -0.0444. The third-order valence-corrected chi connectivity index (χ3v) is 5.73. The Bertz CT molecular complexity index is 428. The van der Waals surface area contributed by atoms with Crippen LogP contribution in [-0.2, 0) is 9.53 Å². The Labute approximate surface area is 150 Å². The number of nitrogens with zero attached hydrogens (tertiary/aromatic N) is 1. The predicted molar refractivity (Wildman–Crippen MR) is 99.6 cm³/mol. The molecule has 0 amide bonds. The third kappa shape index (κ3) is 6.09. The Morgan fingerprint density at radius 3 is 2.57 bits per heavy atom. The van der Waals surface area contributed by atoms with E-state index in [4.69, 9.17) is 4.74 Å². The van der Waals surface area contributed by atoms with E-state index in [0.29, 0.717) is 12.5 Å². The van der Waals surface area contributed by atoms with Crippen molar-refractivity contribution in [3.05, 3.63) is 22.4 Å². The minimum Gasteiger partial charge on any atom is -0.464 e. The second kappa shape index (κ2) is 11.1. The Hall–Kier alpha value is -0.580. The smallest absolute Gasteiger partial charge is 0.314 e. The minimum absolute atomic E-state index is 0. The quantitative estimate of drug-likeness (QED) is 0.629. The molecule has 1 atom stereocenters. The van der Waals surface area contributed by atoms with Crippen LogP contribution in [0.3, 0.4) is 0 Å². The lowest BCUT2D eigenvalue weighted by atomic mass is 9.79. The van der Waals surface area contributed by atoms with E-state index in [9.17, 15) is 4.79 Å². The zero-order valence-electron chi connectivity index (χ0n) is 14.3. The second-order valence-electron chi connectivity index (χ2n) is 6.09. The highest BCUT2D eigenvalue weighted by Gasteiger charge is 2.32. The summed E-state index contributed by atoms with van der Waals surface area (Å²) in [5.74, 6) is 0.409. The van der Waals surface area contributed by atoms with Crippen molar-refractivity contribution in [3.63, 3.8) is 0 Å². The Morgan fingerprint density at radius 2 is 2.00 bits per heavy atom. The fourth-order valence-electron chi connectivity index (χ4n) is 3.38. The van der Waals surface area contributed by atoms with Crippen LogP contribution in [0.5, 0.6) is 0 Å². The highest BCUT2D eigenvalue weighted by Crippen LogP contribution is 2.38. The average molecular weight is 360 g/mol. The van der Waals surface area contributed by atoms with Crippen LogP contribution in [0.1, 0.15) is 56.7 Å². The number of ether oxygens (including phenoxy) is 1. The number of carbonyl (C=O) groups is 1. The molecule has 0 aromatic carbocycles. The van der Waals surface area contributed by atoms with Gasteiger partial charge in [0.2, 0.25) is 0 Å². The molecule has 1 aromatic rings. The van der Waals surface area contributed by atoms with Gasteiger partial charge in [0.05, 0.1) is 5.92 Å².